The number of piperazine rings is 1. The number of imidazole rings is 1. The summed E-state index contributed by atoms with van der Waals surface area (Å²) in [6.07, 6.45) is 0. The predicted octanol–water partition coefficient (Wildman–Crippen LogP) is 0.108. The molecular weight excluding hydrogens is 402 g/mol. The number of nitrogens with one attached hydrogen (secondary N) is 1. The largest absolute Gasteiger partial charge is 0.366 e. The number of anilines is 1. The Morgan fingerprint density at radius 2 is 1.73 bits per heavy atom. The summed E-state index contributed by atoms with van der Waals surface area (Å²) < 4.78 is 4.51. The third kappa shape index (κ3) is 3.36. The van der Waals surface area contributed by atoms with Gasteiger partial charge in [-0.25, -0.2) is 4.79 Å². The lowest BCUT2D eigenvalue weighted by Crippen LogP contribution is -2.51. The minimum absolute atomic E-state index is 0.335. The molecular formula is C20H25N7O2S. The van der Waals surface area contributed by atoms with Crippen molar-refractivity contribution in [1.29, 1.82) is 0 Å². The van der Waals surface area contributed by atoms with Gasteiger partial charge < -0.3 is 15.1 Å². The zero-order valence-electron chi connectivity index (χ0n) is 17.3. The number of hydrogen-bond donors (Lipinski definition) is 1. The molecule has 1 N–H and O–H groups in total. The maximum absolute atomic E-state index is 13.0. The van der Waals surface area contributed by atoms with Gasteiger partial charge in [0.05, 0.1) is 6.54 Å². The van der Waals surface area contributed by atoms with Crippen molar-refractivity contribution in [3.8, 4) is 0 Å². The summed E-state index contributed by atoms with van der Waals surface area (Å²) >= 11 is 5.35. The maximum Gasteiger partial charge on any atom is 0.332 e. The third-order valence-electron chi connectivity index (χ3n) is 5.57. The first-order chi connectivity index (χ1) is 14.4. The first-order valence-corrected chi connectivity index (χ1v) is 10.2. The van der Waals surface area contributed by atoms with Crippen molar-refractivity contribution in [2.24, 2.45) is 14.1 Å². The van der Waals surface area contributed by atoms with Gasteiger partial charge in [0.1, 0.15) is 0 Å². The summed E-state index contributed by atoms with van der Waals surface area (Å²) in [6.45, 7) is 3.44. The van der Waals surface area contributed by atoms with Crippen molar-refractivity contribution < 1.29 is 0 Å². The second-order valence-corrected chi connectivity index (χ2v) is 7.78. The van der Waals surface area contributed by atoms with Gasteiger partial charge in [0.2, 0.25) is 5.95 Å². The van der Waals surface area contributed by atoms with Gasteiger partial charge in [0.25, 0.3) is 5.56 Å². The van der Waals surface area contributed by atoms with Crippen molar-refractivity contribution in [1.82, 2.24) is 28.9 Å². The Morgan fingerprint density at radius 3 is 2.37 bits per heavy atom. The van der Waals surface area contributed by atoms with E-state index < -0.39 is 0 Å². The van der Waals surface area contributed by atoms with Crippen LogP contribution in [0.5, 0.6) is 0 Å². The summed E-state index contributed by atoms with van der Waals surface area (Å²) in [5.74, 6) is 0.696. The average molecular weight is 428 g/mol. The number of thiocarbonyl (C=S) groups is 1. The monoisotopic (exact) mass is 427 g/mol. The highest BCUT2D eigenvalue weighted by Gasteiger charge is 2.26. The van der Waals surface area contributed by atoms with Crippen LogP contribution in [-0.4, -0.2) is 61.9 Å². The number of rotatable bonds is 3. The number of hydrogen-bond acceptors (Lipinski definition) is 5. The van der Waals surface area contributed by atoms with E-state index in [9.17, 15) is 9.59 Å². The van der Waals surface area contributed by atoms with Gasteiger partial charge in [-0.3, -0.25) is 18.5 Å². The molecule has 0 saturated carbocycles. The minimum atomic E-state index is -0.382. The molecule has 0 radical (unpaired) electrons. The summed E-state index contributed by atoms with van der Waals surface area (Å²) in [5.41, 5.74) is 1.18. The fourth-order valence-electron chi connectivity index (χ4n) is 3.86. The van der Waals surface area contributed by atoms with Crippen LogP contribution in [0.2, 0.25) is 0 Å². The highest BCUT2D eigenvalue weighted by Crippen LogP contribution is 2.22. The zero-order chi connectivity index (χ0) is 21.4. The fraction of sp³-hybridized carbons (Fsp3) is 0.400. The van der Waals surface area contributed by atoms with Crippen LogP contribution < -0.4 is 21.5 Å². The summed E-state index contributed by atoms with van der Waals surface area (Å²) in [5, 5.41) is 3.74. The Hall–Kier alpha value is -3.14. The Labute approximate surface area is 179 Å². The van der Waals surface area contributed by atoms with Gasteiger partial charge >= 0.3 is 5.69 Å². The van der Waals surface area contributed by atoms with E-state index >= 15 is 0 Å². The van der Waals surface area contributed by atoms with Gasteiger partial charge in [-0.05, 0) is 17.8 Å². The summed E-state index contributed by atoms with van der Waals surface area (Å²) in [6, 6.07) is 9.94. The number of benzene rings is 1. The molecule has 0 bridgehead atoms. The van der Waals surface area contributed by atoms with Crippen LogP contribution in [-0.2, 0) is 20.6 Å². The molecule has 1 aromatic carbocycles. The average Bonchev–Trinajstić information content (AvgIpc) is 3.15. The molecule has 30 heavy (non-hydrogen) atoms. The van der Waals surface area contributed by atoms with Gasteiger partial charge in [-0.2, -0.15) is 4.98 Å². The first kappa shape index (κ1) is 20.1. The highest BCUT2D eigenvalue weighted by molar-refractivity contribution is 7.80. The van der Waals surface area contributed by atoms with Crippen molar-refractivity contribution in [2.75, 3.05) is 38.1 Å². The van der Waals surface area contributed by atoms with E-state index in [2.05, 4.69) is 15.1 Å². The number of aromatic nitrogens is 4. The Kier molecular flexibility index (Phi) is 5.33. The molecule has 158 valence electrons. The Morgan fingerprint density at radius 1 is 1.07 bits per heavy atom. The van der Waals surface area contributed by atoms with Crippen LogP contribution >= 0.6 is 12.2 Å². The van der Waals surface area contributed by atoms with Crippen molar-refractivity contribution in [3.63, 3.8) is 0 Å². The van der Waals surface area contributed by atoms with Crippen LogP contribution in [0.3, 0.4) is 0 Å². The molecule has 0 atom stereocenters. The van der Waals surface area contributed by atoms with Gasteiger partial charge in [-0.15, -0.1) is 0 Å². The van der Waals surface area contributed by atoms with Crippen molar-refractivity contribution in [3.05, 3.63) is 56.7 Å². The lowest BCUT2D eigenvalue weighted by molar-refractivity contribution is 0.378. The van der Waals surface area contributed by atoms with Crippen molar-refractivity contribution >= 4 is 34.4 Å². The fourth-order valence-corrected chi connectivity index (χ4v) is 4.04. The predicted molar refractivity (Wildman–Crippen MR) is 121 cm³/mol. The normalized spacial score (nSPS) is 14.4. The Bertz CT molecular complexity index is 1200. The van der Waals surface area contributed by atoms with Gasteiger partial charge in [0.15, 0.2) is 16.3 Å². The number of fused-ring (bicyclic) bond motifs is 1. The quantitative estimate of drug-likeness (QED) is 0.594. The van der Waals surface area contributed by atoms with Crippen LogP contribution in [0.25, 0.3) is 11.2 Å². The van der Waals surface area contributed by atoms with E-state index in [0.717, 1.165) is 28.3 Å². The molecule has 2 aromatic heterocycles. The highest BCUT2D eigenvalue weighted by atomic mass is 32.1. The molecule has 0 aliphatic carbocycles. The minimum Gasteiger partial charge on any atom is -0.366 e. The zero-order valence-corrected chi connectivity index (χ0v) is 18.1. The van der Waals surface area contributed by atoms with E-state index in [1.807, 2.05) is 41.9 Å². The van der Waals surface area contributed by atoms with Crippen LogP contribution in [0.15, 0.2) is 39.9 Å². The number of nitrogens with zero attached hydrogens (tertiary/aromatic N) is 6. The molecule has 10 heteroatoms. The summed E-state index contributed by atoms with van der Waals surface area (Å²) in [4.78, 5) is 34.5. The lowest BCUT2D eigenvalue weighted by atomic mass is 10.2. The molecule has 0 amide bonds. The lowest BCUT2D eigenvalue weighted by Gasteiger charge is -2.36. The molecule has 1 saturated heterocycles. The molecule has 9 nitrogen and oxygen atoms in total. The van der Waals surface area contributed by atoms with Crippen LogP contribution in [0.1, 0.15) is 5.56 Å². The van der Waals surface area contributed by atoms with Gasteiger partial charge in [-0.1, -0.05) is 30.3 Å². The molecule has 3 heterocycles. The molecule has 0 unspecified atom stereocenters. The molecule has 1 aliphatic rings. The Balaban J connectivity index is 1.83. The SMILES string of the molecule is CNC(=S)N1CCN(c2nc3c(c(=O)n(C)c(=O)n3C)n2Cc2ccccc2)CC1. The number of aryl methyl sites for hydroxylation is 1. The van der Waals surface area contributed by atoms with Gasteiger partial charge in [0, 0.05) is 47.3 Å². The smallest absolute Gasteiger partial charge is 0.332 e. The maximum atomic E-state index is 13.0. The molecule has 3 aromatic rings. The second-order valence-electron chi connectivity index (χ2n) is 7.39. The first-order valence-electron chi connectivity index (χ1n) is 9.84. The van der Waals surface area contributed by atoms with E-state index in [-0.39, 0.29) is 11.2 Å². The van der Waals surface area contributed by atoms with E-state index in [1.165, 1.54) is 11.6 Å². The van der Waals surface area contributed by atoms with E-state index in [1.54, 1.807) is 7.05 Å². The molecule has 1 aliphatic heterocycles. The third-order valence-corrected chi connectivity index (χ3v) is 6.04. The van der Waals surface area contributed by atoms with E-state index in [4.69, 9.17) is 17.2 Å². The van der Waals surface area contributed by atoms with Crippen LogP contribution in [0, 0.1) is 0 Å². The second kappa shape index (κ2) is 7.94. The van der Waals surface area contributed by atoms with Crippen molar-refractivity contribution in [2.45, 2.75) is 6.54 Å². The summed E-state index contributed by atoms with van der Waals surface area (Å²) in [7, 11) is 4.97. The standard InChI is InChI=1S/C20H25N7O2S/c1-21-19(30)26-11-9-25(10-12-26)18-22-16-15(17(28)24(3)20(29)23(16)2)27(18)13-14-7-5-4-6-8-14/h4-8H,9-13H2,1-3H3,(H,21,30). The van der Waals surface area contributed by atoms with Crippen LogP contribution in [0.4, 0.5) is 5.95 Å². The molecule has 1 fully saturated rings. The van der Waals surface area contributed by atoms with E-state index in [0.29, 0.717) is 36.7 Å². The topological polar surface area (TPSA) is 80.3 Å². The molecule has 4 rings (SSSR count). The molecule has 0 spiro atoms.